The number of hydrogen-bond donors (Lipinski definition) is 0. The highest BCUT2D eigenvalue weighted by Crippen LogP contribution is 2.05. The van der Waals surface area contributed by atoms with E-state index in [4.69, 9.17) is 0 Å². The van der Waals surface area contributed by atoms with Crippen LogP contribution in [0.1, 0.15) is 6.92 Å². The van der Waals surface area contributed by atoms with Crippen molar-refractivity contribution in [2.24, 2.45) is 0 Å². The van der Waals surface area contributed by atoms with Crippen molar-refractivity contribution in [2.45, 2.75) is 13.3 Å². The number of halogens is 3. The Kier molecular flexibility index (Phi) is 2.48. The Labute approximate surface area is 39.6 Å². The quantitative estimate of drug-likeness (QED) is 0.457. The van der Waals surface area contributed by atoms with Gasteiger partial charge < -0.3 is 0 Å². The molecule has 0 aliphatic carbocycles. The molecule has 0 saturated heterocycles. The van der Waals surface area contributed by atoms with E-state index in [1.54, 1.807) is 0 Å². The Morgan fingerprint density at radius 2 is 2.00 bits per heavy atom. The van der Waals surface area contributed by atoms with Crippen molar-refractivity contribution in [1.82, 2.24) is 0 Å². The van der Waals surface area contributed by atoms with Crippen molar-refractivity contribution in [3.8, 4) is 0 Å². The molecule has 7 heavy (non-hydrogen) atoms. The lowest BCUT2D eigenvalue weighted by atomic mass is 11.0. The summed E-state index contributed by atoms with van der Waals surface area (Å²) in [5.74, 6) is 0. The Hall–Kier alpha value is -0.470. The largest absolute Gasteiger partial charge is 0.262 e. The highest BCUT2D eigenvalue weighted by molar-refractivity contribution is 4.94. The third kappa shape index (κ3) is 2.25. The van der Waals surface area contributed by atoms with Crippen LogP contribution in [0, 0.1) is 0 Å². The van der Waals surface area contributed by atoms with E-state index in [-0.39, 0.29) is 6.33 Å². The molecule has 0 rings (SSSR count). The van der Waals surface area contributed by atoms with E-state index in [2.05, 4.69) is 0 Å². The summed E-state index contributed by atoms with van der Waals surface area (Å²) < 4.78 is 33.2. The van der Waals surface area contributed by atoms with Crippen LogP contribution in [0.5, 0.6) is 0 Å². The molecule has 0 nitrogen and oxygen atoms in total. The van der Waals surface area contributed by atoms with Gasteiger partial charge in [-0.15, -0.1) is 0 Å². The maximum absolute atomic E-state index is 11.1. The molecule has 0 aromatic carbocycles. The summed E-state index contributed by atoms with van der Waals surface area (Å²) >= 11 is 0. The van der Waals surface area contributed by atoms with Gasteiger partial charge in [0.05, 0.1) is 6.33 Å². The lowest BCUT2D eigenvalue weighted by molar-refractivity contribution is 0.187. The van der Waals surface area contributed by atoms with E-state index in [9.17, 15) is 13.2 Å². The van der Waals surface area contributed by atoms with Crippen molar-refractivity contribution in [3.05, 3.63) is 11.9 Å². The Bertz CT molecular complexity index is 75.0. The Morgan fingerprint density at radius 3 is 2.00 bits per heavy atom. The van der Waals surface area contributed by atoms with Gasteiger partial charge in [0, 0.05) is 5.57 Å². The van der Waals surface area contributed by atoms with E-state index in [0.717, 1.165) is 6.92 Å². The molecule has 0 saturated carbocycles. The first-order valence-electron chi connectivity index (χ1n) is 1.73. The van der Waals surface area contributed by atoms with Crippen LogP contribution in [0.2, 0.25) is 0 Å². The van der Waals surface area contributed by atoms with E-state index in [1.165, 1.54) is 0 Å². The summed E-state index contributed by atoms with van der Waals surface area (Å²) in [7, 11) is 0. The summed E-state index contributed by atoms with van der Waals surface area (Å²) in [5, 5.41) is 0. The third-order valence-corrected chi connectivity index (χ3v) is 0.516. The van der Waals surface area contributed by atoms with Gasteiger partial charge in [0.1, 0.15) is 0 Å². The molecule has 0 aromatic heterocycles. The summed E-state index contributed by atoms with van der Waals surface area (Å²) in [6.07, 6.45) is -2.74. The minimum absolute atomic E-state index is 0.0926. The molecule has 0 aliphatic heterocycles. The predicted octanol–water partition coefficient (Wildman–Crippen LogP) is 2.12. The van der Waals surface area contributed by atoms with E-state index in [1.807, 2.05) is 0 Å². The van der Waals surface area contributed by atoms with Crippen molar-refractivity contribution in [3.63, 3.8) is 0 Å². The molecule has 3 heteroatoms. The fourth-order valence-corrected chi connectivity index (χ4v) is 0.0476. The summed E-state index contributed by atoms with van der Waals surface area (Å²) in [6.45, 7) is 1.03. The lowest BCUT2D eigenvalue weighted by Crippen LogP contribution is -1.88. The van der Waals surface area contributed by atoms with Gasteiger partial charge in [-0.05, 0) is 6.92 Å². The van der Waals surface area contributed by atoms with Gasteiger partial charge in [-0.1, -0.05) is 0 Å². The summed E-state index contributed by atoms with van der Waals surface area (Å²) in [5.41, 5.74) is -0.528. The zero-order chi connectivity index (χ0) is 5.86. The monoisotopic (exact) mass is 113 g/mol. The topological polar surface area (TPSA) is 0 Å². The van der Waals surface area contributed by atoms with Crippen molar-refractivity contribution >= 4 is 0 Å². The van der Waals surface area contributed by atoms with Crippen LogP contribution in [0.15, 0.2) is 11.9 Å². The van der Waals surface area contributed by atoms with Crippen LogP contribution in [0.4, 0.5) is 13.2 Å². The standard InChI is InChI=1S/C4H5F3/c1-3(2-5)4(6)7/h2,4H,1H3/b3-2-/i1+1,2+1,3+1. The maximum Gasteiger partial charge on any atom is 0.262 e. The summed E-state index contributed by atoms with van der Waals surface area (Å²) in [6, 6.07) is 0. The first-order valence-corrected chi connectivity index (χ1v) is 1.73. The van der Waals surface area contributed by atoms with Crippen LogP contribution in [0.25, 0.3) is 0 Å². The number of rotatable bonds is 1. The second-order valence-electron chi connectivity index (χ2n) is 1.15. The normalized spacial score (nSPS) is 13.0. The minimum Gasteiger partial charge on any atom is -0.215 e. The van der Waals surface area contributed by atoms with Gasteiger partial charge in [0.25, 0.3) is 6.43 Å². The molecule has 42 valence electrons. The van der Waals surface area contributed by atoms with Crippen molar-refractivity contribution in [2.75, 3.05) is 0 Å². The molecule has 0 fully saturated rings. The van der Waals surface area contributed by atoms with Crippen LogP contribution in [-0.4, -0.2) is 6.43 Å². The molecule has 0 radical (unpaired) electrons. The minimum atomic E-state index is -2.65. The first kappa shape index (κ1) is 6.53. The molecular formula is C4H5F3. The fourth-order valence-electron chi connectivity index (χ4n) is 0.0476. The molecule has 0 N–H and O–H groups in total. The predicted molar refractivity (Wildman–Crippen MR) is 20.9 cm³/mol. The Balaban J connectivity index is 3.56. The van der Waals surface area contributed by atoms with Gasteiger partial charge in [0.2, 0.25) is 0 Å². The third-order valence-electron chi connectivity index (χ3n) is 0.516. The second kappa shape index (κ2) is 2.66. The van der Waals surface area contributed by atoms with Crippen molar-refractivity contribution in [1.29, 1.82) is 0 Å². The lowest BCUT2D eigenvalue weighted by Gasteiger charge is -1.90. The van der Waals surface area contributed by atoms with Gasteiger partial charge in [0.15, 0.2) is 0 Å². The second-order valence-corrected chi connectivity index (χ2v) is 1.15. The highest BCUT2D eigenvalue weighted by Gasteiger charge is 2.02. The molecule has 0 atom stereocenters. The average Bonchev–Trinajstić information content (AvgIpc) is 1.65. The van der Waals surface area contributed by atoms with Crippen LogP contribution < -0.4 is 0 Å². The number of alkyl halides is 2. The van der Waals surface area contributed by atoms with Gasteiger partial charge in [-0.3, -0.25) is 0 Å². The van der Waals surface area contributed by atoms with Crippen LogP contribution in [-0.2, 0) is 0 Å². The van der Waals surface area contributed by atoms with E-state index in [0.29, 0.717) is 0 Å². The van der Waals surface area contributed by atoms with Crippen LogP contribution >= 0.6 is 0 Å². The molecule has 0 heterocycles. The van der Waals surface area contributed by atoms with Gasteiger partial charge >= 0.3 is 0 Å². The molecule has 0 aliphatic rings. The number of allylic oxidation sites excluding steroid dienone is 1. The first-order chi connectivity index (χ1) is 3.18. The Morgan fingerprint density at radius 1 is 1.57 bits per heavy atom. The molecular weight excluding hydrogens is 108 g/mol. The average molecular weight is 113 g/mol. The van der Waals surface area contributed by atoms with Gasteiger partial charge in [-0.25, -0.2) is 13.2 Å². The molecule has 0 spiro atoms. The maximum atomic E-state index is 11.1. The highest BCUT2D eigenvalue weighted by atomic mass is 19.3. The smallest absolute Gasteiger partial charge is 0.215 e. The van der Waals surface area contributed by atoms with E-state index < -0.39 is 12.0 Å². The fraction of sp³-hybridized carbons (Fsp3) is 0.500. The molecule has 0 aromatic rings. The molecule has 0 amide bonds. The molecule has 0 bridgehead atoms. The molecule has 0 unspecified atom stereocenters. The zero-order valence-corrected chi connectivity index (χ0v) is 3.79. The summed E-state index contributed by atoms with van der Waals surface area (Å²) in [4.78, 5) is 0. The van der Waals surface area contributed by atoms with Crippen molar-refractivity contribution < 1.29 is 13.2 Å². The van der Waals surface area contributed by atoms with Crippen LogP contribution in [0.3, 0.4) is 0 Å². The van der Waals surface area contributed by atoms with Gasteiger partial charge in [-0.2, -0.15) is 0 Å². The number of hydrogen-bond acceptors (Lipinski definition) is 0. The SMILES string of the molecule is [13CH3]/[13C](=[13CH]/F)C(F)F. The zero-order valence-electron chi connectivity index (χ0n) is 3.79. The van der Waals surface area contributed by atoms with E-state index >= 15 is 0 Å².